The minimum Gasteiger partial charge on any atom is -0.463 e. The fourth-order valence-electron chi connectivity index (χ4n) is 1.46. The summed E-state index contributed by atoms with van der Waals surface area (Å²) in [6.45, 7) is 2.16. The summed E-state index contributed by atoms with van der Waals surface area (Å²) in [5.41, 5.74) is 0. The Hall–Kier alpha value is -2.58. The number of aromatic nitrogens is 4. The molecule has 0 unspecified atom stereocenters. The fourth-order valence-corrected chi connectivity index (χ4v) is 1.46. The van der Waals surface area contributed by atoms with Gasteiger partial charge in [0.15, 0.2) is 23.3 Å². The molecule has 0 aromatic carbocycles. The third kappa shape index (κ3) is 2.56. The van der Waals surface area contributed by atoms with Crippen LogP contribution in [0.1, 0.15) is 17.5 Å². The van der Waals surface area contributed by atoms with E-state index in [-0.39, 0.29) is 17.5 Å². The van der Waals surface area contributed by atoms with E-state index < -0.39 is 17.6 Å². The fraction of sp³-hybridized carbons (Fsp3) is 0.273. The van der Waals surface area contributed by atoms with Crippen molar-refractivity contribution in [2.75, 3.05) is 19.0 Å². The predicted molar refractivity (Wildman–Crippen MR) is 64.6 cm³/mol. The number of carbonyl (C=O) groups is 1. The molecule has 106 valence electrons. The van der Waals surface area contributed by atoms with Crippen molar-refractivity contribution in [3.8, 4) is 5.82 Å². The Labute approximate surface area is 112 Å². The van der Waals surface area contributed by atoms with E-state index in [0.717, 1.165) is 11.0 Å². The number of esters is 1. The first-order valence-corrected chi connectivity index (χ1v) is 5.67. The van der Waals surface area contributed by atoms with Gasteiger partial charge in [-0.15, -0.1) is 5.10 Å². The van der Waals surface area contributed by atoms with Crippen LogP contribution >= 0.6 is 0 Å². The molecule has 0 atom stereocenters. The van der Waals surface area contributed by atoms with Gasteiger partial charge in [-0.25, -0.2) is 23.5 Å². The van der Waals surface area contributed by atoms with Gasteiger partial charge in [-0.3, -0.25) is 0 Å². The summed E-state index contributed by atoms with van der Waals surface area (Å²) in [5.74, 6) is -3.14. The maximum Gasteiger partial charge on any atom is 0.377 e. The monoisotopic (exact) mass is 283 g/mol. The van der Waals surface area contributed by atoms with E-state index in [9.17, 15) is 13.6 Å². The molecule has 2 aromatic rings. The second kappa shape index (κ2) is 5.59. The van der Waals surface area contributed by atoms with Crippen LogP contribution < -0.4 is 5.32 Å². The topological polar surface area (TPSA) is 81.9 Å². The molecule has 0 bridgehead atoms. The van der Waals surface area contributed by atoms with E-state index in [0.29, 0.717) is 12.6 Å². The smallest absolute Gasteiger partial charge is 0.377 e. The van der Waals surface area contributed by atoms with Crippen LogP contribution in [0.5, 0.6) is 0 Å². The molecule has 0 aliphatic heterocycles. The molecule has 0 fully saturated rings. The normalized spacial score (nSPS) is 10.4. The van der Waals surface area contributed by atoms with Gasteiger partial charge in [-0.05, 0) is 6.92 Å². The molecule has 2 aromatic heterocycles. The van der Waals surface area contributed by atoms with Crippen LogP contribution in [0.25, 0.3) is 5.82 Å². The molecule has 0 radical (unpaired) electrons. The number of anilines is 1. The van der Waals surface area contributed by atoms with Crippen molar-refractivity contribution in [2.45, 2.75) is 6.92 Å². The van der Waals surface area contributed by atoms with Gasteiger partial charge >= 0.3 is 5.97 Å². The Morgan fingerprint density at radius 1 is 1.45 bits per heavy atom. The molecule has 20 heavy (non-hydrogen) atoms. The third-order valence-corrected chi connectivity index (χ3v) is 2.33. The van der Waals surface area contributed by atoms with Crippen LogP contribution in [0.2, 0.25) is 0 Å². The van der Waals surface area contributed by atoms with Crippen molar-refractivity contribution < 1.29 is 18.3 Å². The molecular weight excluding hydrogens is 272 g/mol. The molecule has 0 saturated carbocycles. The van der Waals surface area contributed by atoms with Gasteiger partial charge in [0.05, 0.1) is 7.11 Å². The highest BCUT2D eigenvalue weighted by molar-refractivity contribution is 5.84. The van der Waals surface area contributed by atoms with Crippen LogP contribution in [0.3, 0.4) is 0 Å². The molecule has 0 aliphatic carbocycles. The summed E-state index contributed by atoms with van der Waals surface area (Å²) >= 11 is 0. The van der Waals surface area contributed by atoms with Gasteiger partial charge in [0.1, 0.15) is 6.33 Å². The molecule has 0 spiro atoms. The zero-order chi connectivity index (χ0) is 14.7. The molecule has 2 rings (SSSR count). The largest absolute Gasteiger partial charge is 0.463 e. The molecule has 7 nitrogen and oxygen atoms in total. The standard InChI is InChI=1S/C11H11F2N5O2/c1-3-14-8-6(12)4-7(13)10(16-8)18-5-15-9(17-18)11(19)20-2/h4-5H,3H2,1-2H3,(H,14,16). The van der Waals surface area contributed by atoms with Crippen LogP contribution in [0.4, 0.5) is 14.6 Å². The summed E-state index contributed by atoms with van der Waals surface area (Å²) in [6.07, 6.45) is 1.09. The maximum atomic E-state index is 13.7. The van der Waals surface area contributed by atoms with Gasteiger partial charge in [0, 0.05) is 12.6 Å². The molecule has 0 aliphatic rings. The average Bonchev–Trinajstić information content (AvgIpc) is 2.90. The van der Waals surface area contributed by atoms with Gasteiger partial charge in [-0.2, -0.15) is 4.68 Å². The second-order valence-electron chi connectivity index (χ2n) is 3.66. The Balaban J connectivity index is 2.44. The molecule has 0 amide bonds. The summed E-state index contributed by atoms with van der Waals surface area (Å²) in [4.78, 5) is 18.7. The molecule has 9 heteroatoms. The SMILES string of the molecule is CCNc1nc(-n2cnc(C(=O)OC)n2)c(F)cc1F. The first-order valence-electron chi connectivity index (χ1n) is 5.67. The first-order chi connectivity index (χ1) is 9.56. The van der Waals surface area contributed by atoms with Gasteiger partial charge in [-0.1, -0.05) is 0 Å². The van der Waals surface area contributed by atoms with E-state index in [1.54, 1.807) is 6.92 Å². The van der Waals surface area contributed by atoms with E-state index in [4.69, 9.17) is 0 Å². The highest BCUT2D eigenvalue weighted by Gasteiger charge is 2.17. The molecule has 0 saturated heterocycles. The van der Waals surface area contributed by atoms with E-state index in [1.807, 2.05) is 0 Å². The number of pyridine rings is 1. The summed E-state index contributed by atoms with van der Waals surface area (Å²) < 4.78 is 32.5. The zero-order valence-corrected chi connectivity index (χ0v) is 10.7. The Bertz CT molecular complexity index is 644. The quantitative estimate of drug-likeness (QED) is 0.848. The lowest BCUT2D eigenvalue weighted by Gasteiger charge is -2.07. The second-order valence-corrected chi connectivity index (χ2v) is 3.66. The lowest BCUT2D eigenvalue weighted by molar-refractivity contribution is 0.0587. The van der Waals surface area contributed by atoms with Crippen LogP contribution in [0, 0.1) is 11.6 Å². The number of nitrogens with zero attached hydrogens (tertiary/aromatic N) is 4. The number of methoxy groups -OCH3 is 1. The summed E-state index contributed by atoms with van der Waals surface area (Å²) in [7, 11) is 1.17. The molecular formula is C11H11F2N5O2. The van der Waals surface area contributed by atoms with Crippen molar-refractivity contribution in [3.63, 3.8) is 0 Å². The number of halogens is 2. The average molecular weight is 283 g/mol. The van der Waals surface area contributed by atoms with Crippen molar-refractivity contribution in [1.29, 1.82) is 0 Å². The van der Waals surface area contributed by atoms with Crippen molar-refractivity contribution in [1.82, 2.24) is 19.7 Å². The minimum absolute atomic E-state index is 0.112. The van der Waals surface area contributed by atoms with E-state index >= 15 is 0 Å². The number of nitrogens with one attached hydrogen (secondary N) is 1. The highest BCUT2D eigenvalue weighted by Crippen LogP contribution is 2.17. The van der Waals surface area contributed by atoms with Crippen LogP contribution in [-0.2, 0) is 4.74 Å². The summed E-state index contributed by atoms with van der Waals surface area (Å²) in [6, 6.07) is 0.680. The zero-order valence-electron chi connectivity index (χ0n) is 10.7. The van der Waals surface area contributed by atoms with E-state index in [2.05, 4.69) is 25.1 Å². The molecule has 1 N–H and O–H groups in total. The van der Waals surface area contributed by atoms with E-state index in [1.165, 1.54) is 7.11 Å². The lowest BCUT2D eigenvalue weighted by atomic mass is 10.4. The maximum absolute atomic E-state index is 13.7. The van der Waals surface area contributed by atoms with Gasteiger partial charge in [0.2, 0.25) is 0 Å². The number of rotatable bonds is 4. The van der Waals surface area contributed by atoms with Crippen molar-refractivity contribution in [3.05, 3.63) is 29.9 Å². The van der Waals surface area contributed by atoms with Crippen LogP contribution in [0.15, 0.2) is 12.4 Å². The Kier molecular flexibility index (Phi) is 3.87. The van der Waals surface area contributed by atoms with Crippen LogP contribution in [-0.4, -0.2) is 39.4 Å². The number of carbonyl (C=O) groups excluding carboxylic acids is 1. The number of ether oxygens (including phenoxy) is 1. The highest BCUT2D eigenvalue weighted by atomic mass is 19.1. The predicted octanol–water partition coefficient (Wildman–Crippen LogP) is 1.16. The Morgan fingerprint density at radius 2 is 2.20 bits per heavy atom. The minimum atomic E-state index is -0.925. The number of hydrogen-bond acceptors (Lipinski definition) is 6. The number of hydrogen-bond donors (Lipinski definition) is 1. The third-order valence-electron chi connectivity index (χ3n) is 2.33. The molecule has 2 heterocycles. The summed E-state index contributed by atoms with van der Waals surface area (Å²) in [5, 5.41) is 6.37. The van der Waals surface area contributed by atoms with Gasteiger partial charge < -0.3 is 10.1 Å². The Morgan fingerprint density at radius 3 is 2.85 bits per heavy atom. The van der Waals surface area contributed by atoms with Gasteiger partial charge in [0.25, 0.3) is 5.82 Å². The van der Waals surface area contributed by atoms with Crippen molar-refractivity contribution in [2.24, 2.45) is 0 Å². The first kappa shape index (κ1) is 13.8. The van der Waals surface area contributed by atoms with Crippen molar-refractivity contribution >= 4 is 11.8 Å². The lowest BCUT2D eigenvalue weighted by Crippen LogP contribution is -2.10.